The summed E-state index contributed by atoms with van der Waals surface area (Å²) in [4.78, 5) is 22.6. The van der Waals surface area contributed by atoms with Gasteiger partial charge in [-0.1, -0.05) is 17.7 Å². The lowest BCUT2D eigenvalue weighted by Crippen LogP contribution is -2.36. The molecule has 0 fully saturated rings. The Hall–Kier alpha value is -1.66. The van der Waals surface area contributed by atoms with Crippen molar-refractivity contribution in [2.24, 2.45) is 0 Å². The van der Waals surface area contributed by atoms with E-state index >= 15 is 0 Å². The van der Waals surface area contributed by atoms with Gasteiger partial charge in [0.25, 0.3) is 0 Å². The van der Waals surface area contributed by atoms with E-state index in [1.807, 2.05) is 0 Å². The van der Waals surface area contributed by atoms with E-state index in [9.17, 15) is 14.0 Å². The molecule has 0 bridgehead atoms. The minimum Gasteiger partial charge on any atom is -0.396 e. The van der Waals surface area contributed by atoms with Gasteiger partial charge in [0, 0.05) is 13.2 Å². The average Bonchev–Trinajstić information content (AvgIpc) is 2.35. The summed E-state index contributed by atoms with van der Waals surface area (Å²) in [6.07, 6.45) is 0.338. The van der Waals surface area contributed by atoms with Gasteiger partial charge in [0.05, 0.1) is 10.7 Å². The first-order valence-electron chi connectivity index (χ1n) is 5.20. The number of carbonyl (C=O) groups excluding carboxylic acids is 2. The standard InChI is InChI=1S/C11H12ClFN2O3/c12-7-3-1-4-8(9(7)13)15-11(18)10(17)14-5-2-6-16/h1,3-4,16H,2,5-6H2,(H,14,17)(H,15,18). The van der Waals surface area contributed by atoms with Crippen LogP contribution in [0.3, 0.4) is 0 Å². The zero-order chi connectivity index (χ0) is 13.5. The number of hydrogen-bond donors (Lipinski definition) is 3. The first-order valence-corrected chi connectivity index (χ1v) is 5.58. The Bertz CT molecular complexity index is 454. The number of hydrogen-bond acceptors (Lipinski definition) is 3. The van der Waals surface area contributed by atoms with E-state index in [-0.39, 0.29) is 23.9 Å². The van der Waals surface area contributed by atoms with Crippen LogP contribution in [0.5, 0.6) is 0 Å². The molecule has 98 valence electrons. The topological polar surface area (TPSA) is 78.4 Å². The van der Waals surface area contributed by atoms with Crippen LogP contribution in [-0.2, 0) is 9.59 Å². The zero-order valence-electron chi connectivity index (χ0n) is 9.37. The number of aliphatic hydroxyl groups is 1. The van der Waals surface area contributed by atoms with Crippen LogP contribution in [0.2, 0.25) is 5.02 Å². The van der Waals surface area contributed by atoms with Crippen molar-refractivity contribution in [2.75, 3.05) is 18.5 Å². The van der Waals surface area contributed by atoms with E-state index < -0.39 is 17.6 Å². The van der Waals surface area contributed by atoms with Crippen molar-refractivity contribution in [1.82, 2.24) is 5.32 Å². The van der Waals surface area contributed by atoms with Gasteiger partial charge in [0.15, 0.2) is 5.82 Å². The Labute approximate surface area is 108 Å². The van der Waals surface area contributed by atoms with Crippen molar-refractivity contribution >= 4 is 29.1 Å². The SMILES string of the molecule is O=C(NCCCO)C(=O)Nc1cccc(Cl)c1F. The molecule has 0 aliphatic carbocycles. The molecule has 2 amide bonds. The van der Waals surface area contributed by atoms with Gasteiger partial charge in [0.1, 0.15) is 0 Å². The number of nitrogens with one attached hydrogen (secondary N) is 2. The van der Waals surface area contributed by atoms with Crippen molar-refractivity contribution in [3.05, 3.63) is 29.0 Å². The van der Waals surface area contributed by atoms with Crippen LogP contribution >= 0.6 is 11.6 Å². The fourth-order valence-corrected chi connectivity index (χ4v) is 1.32. The number of benzene rings is 1. The lowest BCUT2D eigenvalue weighted by Gasteiger charge is -2.07. The summed E-state index contributed by atoms with van der Waals surface area (Å²) < 4.78 is 13.4. The maximum absolute atomic E-state index is 13.4. The average molecular weight is 275 g/mol. The third kappa shape index (κ3) is 3.97. The molecule has 0 atom stereocenters. The van der Waals surface area contributed by atoms with Crippen molar-refractivity contribution in [3.8, 4) is 0 Å². The normalized spacial score (nSPS) is 9.94. The predicted molar refractivity (Wildman–Crippen MR) is 64.8 cm³/mol. The molecule has 7 heteroatoms. The highest BCUT2D eigenvalue weighted by molar-refractivity contribution is 6.39. The molecule has 3 N–H and O–H groups in total. The Kier molecular flexibility index (Phi) is 5.54. The maximum Gasteiger partial charge on any atom is 0.313 e. The Balaban J connectivity index is 2.59. The largest absolute Gasteiger partial charge is 0.396 e. The van der Waals surface area contributed by atoms with Gasteiger partial charge in [-0.05, 0) is 18.6 Å². The summed E-state index contributed by atoms with van der Waals surface area (Å²) in [5.74, 6) is -2.69. The van der Waals surface area contributed by atoms with E-state index in [4.69, 9.17) is 16.7 Å². The molecule has 1 aromatic rings. The molecule has 5 nitrogen and oxygen atoms in total. The van der Waals surface area contributed by atoms with Crippen LogP contribution in [0.25, 0.3) is 0 Å². The molecule has 18 heavy (non-hydrogen) atoms. The van der Waals surface area contributed by atoms with E-state index in [1.54, 1.807) is 0 Å². The van der Waals surface area contributed by atoms with Gasteiger partial charge in [-0.3, -0.25) is 9.59 Å². The van der Waals surface area contributed by atoms with Gasteiger partial charge in [-0.2, -0.15) is 0 Å². The van der Waals surface area contributed by atoms with Gasteiger partial charge in [-0.25, -0.2) is 4.39 Å². The van der Waals surface area contributed by atoms with Crippen LogP contribution in [-0.4, -0.2) is 30.1 Å². The summed E-state index contributed by atoms with van der Waals surface area (Å²) in [6, 6.07) is 4.07. The maximum atomic E-state index is 13.4. The van der Waals surface area contributed by atoms with Crippen molar-refractivity contribution in [2.45, 2.75) is 6.42 Å². The van der Waals surface area contributed by atoms with Crippen LogP contribution in [0.15, 0.2) is 18.2 Å². The summed E-state index contributed by atoms with van der Waals surface area (Å²) in [5, 5.41) is 12.7. The minimum atomic E-state index is -0.992. The van der Waals surface area contributed by atoms with Gasteiger partial charge < -0.3 is 15.7 Å². The van der Waals surface area contributed by atoms with E-state index in [2.05, 4.69) is 10.6 Å². The molecule has 0 unspecified atom stereocenters. The third-order valence-electron chi connectivity index (χ3n) is 2.03. The molecular formula is C11H12ClFN2O3. The zero-order valence-corrected chi connectivity index (χ0v) is 10.1. The fraction of sp³-hybridized carbons (Fsp3) is 0.273. The highest BCUT2D eigenvalue weighted by atomic mass is 35.5. The Morgan fingerprint density at radius 1 is 1.33 bits per heavy atom. The first-order chi connectivity index (χ1) is 8.56. The Morgan fingerprint density at radius 3 is 2.72 bits per heavy atom. The molecule has 1 aromatic carbocycles. The van der Waals surface area contributed by atoms with Gasteiger partial charge >= 0.3 is 11.8 Å². The monoisotopic (exact) mass is 274 g/mol. The molecular weight excluding hydrogens is 263 g/mol. The highest BCUT2D eigenvalue weighted by Gasteiger charge is 2.15. The summed E-state index contributed by atoms with van der Waals surface area (Å²) in [5.41, 5.74) is -0.162. The lowest BCUT2D eigenvalue weighted by atomic mass is 10.3. The van der Waals surface area contributed by atoms with Crippen LogP contribution < -0.4 is 10.6 Å². The van der Waals surface area contributed by atoms with E-state index in [1.165, 1.54) is 18.2 Å². The molecule has 1 rings (SSSR count). The molecule has 0 saturated carbocycles. The van der Waals surface area contributed by atoms with Crippen molar-refractivity contribution in [1.29, 1.82) is 0 Å². The lowest BCUT2D eigenvalue weighted by molar-refractivity contribution is -0.136. The molecule has 0 spiro atoms. The van der Waals surface area contributed by atoms with Crippen molar-refractivity contribution in [3.63, 3.8) is 0 Å². The number of carbonyl (C=O) groups is 2. The van der Waals surface area contributed by atoms with Gasteiger partial charge in [0.2, 0.25) is 0 Å². The second kappa shape index (κ2) is 6.93. The summed E-state index contributed by atoms with van der Waals surface area (Å²) in [7, 11) is 0. The number of aliphatic hydroxyl groups excluding tert-OH is 1. The summed E-state index contributed by atoms with van der Waals surface area (Å²) >= 11 is 5.52. The second-order valence-corrected chi connectivity index (χ2v) is 3.80. The van der Waals surface area contributed by atoms with E-state index in [0.29, 0.717) is 6.42 Å². The minimum absolute atomic E-state index is 0.0924. The van der Waals surface area contributed by atoms with Crippen molar-refractivity contribution < 1.29 is 19.1 Å². The number of rotatable bonds is 4. The highest BCUT2D eigenvalue weighted by Crippen LogP contribution is 2.21. The number of halogens is 2. The van der Waals surface area contributed by atoms with Crippen LogP contribution in [0.1, 0.15) is 6.42 Å². The molecule has 0 radical (unpaired) electrons. The summed E-state index contributed by atoms with van der Waals surface area (Å²) in [6.45, 7) is 0.0750. The number of anilines is 1. The van der Waals surface area contributed by atoms with Crippen LogP contribution in [0, 0.1) is 5.82 Å². The predicted octanol–water partition coefficient (Wildman–Crippen LogP) is 0.916. The first kappa shape index (κ1) is 14.4. The quantitative estimate of drug-likeness (QED) is 0.564. The number of amides is 2. The molecule has 0 heterocycles. The van der Waals surface area contributed by atoms with E-state index in [0.717, 1.165) is 0 Å². The Morgan fingerprint density at radius 2 is 2.06 bits per heavy atom. The fourth-order valence-electron chi connectivity index (χ4n) is 1.14. The molecule has 0 aliphatic heterocycles. The van der Waals surface area contributed by atoms with Crippen LogP contribution in [0.4, 0.5) is 10.1 Å². The van der Waals surface area contributed by atoms with Gasteiger partial charge in [-0.15, -0.1) is 0 Å². The third-order valence-corrected chi connectivity index (χ3v) is 2.32. The smallest absolute Gasteiger partial charge is 0.313 e. The second-order valence-electron chi connectivity index (χ2n) is 3.39. The molecule has 0 aromatic heterocycles. The molecule has 0 saturated heterocycles. The molecule has 0 aliphatic rings.